The van der Waals surface area contributed by atoms with Crippen LogP contribution in [0, 0.1) is 16.2 Å². The van der Waals surface area contributed by atoms with Gasteiger partial charge in [-0.1, -0.05) is 48.1 Å². The van der Waals surface area contributed by atoms with Crippen LogP contribution in [0.5, 0.6) is 0 Å². The van der Waals surface area contributed by atoms with Crippen molar-refractivity contribution in [3.63, 3.8) is 0 Å². The van der Waals surface area contributed by atoms with Crippen molar-refractivity contribution in [1.29, 1.82) is 0 Å². The molecule has 0 spiro atoms. The van der Waals surface area contributed by atoms with Gasteiger partial charge in [0.25, 0.3) is 0 Å². The Hall–Kier alpha value is -1.32. The second-order valence-corrected chi connectivity index (χ2v) is 7.65. The smallest absolute Gasteiger partial charge is 0.332 e. The third-order valence-corrected chi connectivity index (χ3v) is 2.91. The van der Waals surface area contributed by atoms with E-state index in [0.717, 1.165) is 0 Å². The van der Waals surface area contributed by atoms with E-state index in [-0.39, 0.29) is 29.2 Å². The molecule has 0 amide bonds. The van der Waals surface area contributed by atoms with Gasteiger partial charge in [-0.3, -0.25) is 4.79 Å². The number of carboxylic acids is 2. The number of hydrogen-bond donors (Lipinski definition) is 2. The minimum Gasteiger partial charge on any atom is -0.481 e. The predicted octanol–water partition coefficient (Wildman–Crippen LogP) is 3.57. The number of hydrogen-bond acceptors (Lipinski definition) is 2. The maximum atomic E-state index is 11.8. The van der Waals surface area contributed by atoms with E-state index in [1.807, 2.05) is 41.5 Å². The Morgan fingerprint density at radius 3 is 1.37 bits per heavy atom. The van der Waals surface area contributed by atoms with Crippen molar-refractivity contribution in [2.45, 2.75) is 54.4 Å². The lowest BCUT2D eigenvalue weighted by Gasteiger charge is -2.39. The Morgan fingerprint density at radius 1 is 0.895 bits per heavy atom. The predicted molar refractivity (Wildman–Crippen MR) is 75.0 cm³/mol. The Morgan fingerprint density at radius 2 is 1.21 bits per heavy atom. The van der Waals surface area contributed by atoms with Gasteiger partial charge in [-0.15, -0.1) is 0 Å². The summed E-state index contributed by atoms with van der Waals surface area (Å²) >= 11 is 0. The van der Waals surface area contributed by atoms with Crippen LogP contribution < -0.4 is 0 Å². The zero-order valence-corrected chi connectivity index (χ0v) is 12.8. The molecule has 110 valence electrons. The topological polar surface area (TPSA) is 74.6 Å². The maximum Gasteiger partial charge on any atom is 0.332 e. The average molecular weight is 270 g/mol. The van der Waals surface area contributed by atoms with Crippen molar-refractivity contribution < 1.29 is 19.8 Å². The third kappa shape index (κ3) is 5.05. The summed E-state index contributed by atoms with van der Waals surface area (Å²) in [6, 6.07) is 0. The van der Waals surface area contributed by atoms with Crippen molar-refractivity contribution in [1.82, 2.24) is 0 Å². The first-order valence-electron chi connectivity index (χ1n) is 6.37. The lowest BCUT2D eigenvalue weighted by Crippen LogP contribution is -2.42. The highest BCUT2D eigenvalue weighted by Crippen LogP contribution is 2.47. The molecule has 0 aliphatic rings. The fraction of sp³-hybridized carbons (Fsp3) is 0.733. The zero-order valence-electron chi connectivity index (χ0n) is 12.8. The summed E-state index contributed by atoms with van der Waals surface area (Å²) < 4.78 is 0. The molecule has 0 aromatic heterocycles. The summed E-state index contributed by atoms with van der Waals surface area (Å²) in [4.78, 5) is 23.1. The highest BCUT2D eigenvalue weighted by molar-refractivity contribution is 5.96. The van der Waals surface area contributed by atoms with Gasteiger partial charge < -0.3 is 10.2 Å². The second kappa shape index (κ2) is 5.35. The molecule has 4 heteroatoms. The lowest BCUT2D eigenvalue weighted by atomic mass is 9.63. The van der Waals surface area contributed by atoms with Crippen LogP contribution in [0.4, 0.5) is 0 Å². The number of rotatable bonds is 5. The minimum absolute atomic E-state index is 0.232. The Labute approximate surface area is 115 Å². The molecule has 0 unspecified atom stereocenters. The molecule has 0 radical (unpaired) electrons. The van der Waals surface area contributed by atoms with E-state index >= 15 is 0 Å². The molecule has 0 saturated carbocycles. The molecule has 2 N–H and O–H groups in total. The molecule has 0 aliphatic carbocycles. The van der Waals surface area contributed by atoms with E-state index in [1.54, 1.807) is 0 Å². The van der Waals surface area contributed by atoms with E-state index in [9.17, 15) is 19.8 Å². The van der Waals surface area contributed by atoms with Crippen LogP contribution >= 0.6 is 0 Å². The van der Waals surface area contributed by atoms with Crippen LogP contribution in [0.2, 0.25) is 0 Å². The summed E-state index contributed by atoms with van der Waals surface area (Å²) in [7, 11) is 0. The highest BCUT2D eigenvalue weighted by Gasteiger charge is 2.48. The normalized spacial score (nSPS) is 13.2. The van der Waals surface area contributed by atoms with Crippen molar-refractivity contribution in [2.24, 2.45) is 16.2 Å². The van der Waals surface area contributed by atoms with Gasteiger partial charge in [-0.25, -0.2) is 4.79 Å². The molecule has 0 fully saturated rings. The van der Waals surface area contributed by atoms with Crippen LogP contribution in [0.3, 0.4) is 0 Å². The van der Waals surface area contributed by atoms with E-state index < -0.39 is 17.4 Å². The minimum atomic E-state index is -1.43. The van der Waals surface area contributed by atoms with Crippen molar-refractivity contribution in [3.8, 4) is 0 Å². The van der Waals surface area contributed by atoms with Crippen LogP contribution in [0.15, 0.2) is 12.2 Å². The molecular weight excluding hydrogens is 244 g/mol. The Balaban J connectivity index is 5.83. The molecule has 0 aromatic carbocycles. The Bertz CT molecular complexity index is 364. The van der Waals surface area contributed by atoms with E-state index in [4.69, 9.17) is 0 Å². The van der Waals surface area contributed by atoms with Crippen LogP contribution in [-0.4, -0.2) is 22.2 Å². The van der Waals surface area contributed by atoms with Crippen LogP contribution in [0.25, 0.3) is 0 Å². The molecule has 19 heavy (non-hydrogen) atoms. The largest absolute Gasteiger partial charge is 0.481 e. The first kappa shape index (κ1) is 17.7. The molecule has 0 rings (SSSR count). The lowest BCUT2D eigenvalue weighted by molar-refractivity contribution is -0.153. The third-order valence-electron chi connectivity index (χ3n) is 2.91. The highest BCUT2D eigenvalue weighted by atomic mass is 16.4. The molecule has 0 bridgehead atoms. The molecule has 0 aromatic rings. The second-order valence-electron chi connectivity index (χ2n) is 7.65. The average Bonchev–Trinajstić information content (AvgIpc) is 2.10. The fourth-order valence-corrected chi connectivity index (χ4v) is 2.57. The SMILES string of the molecule is C=C(C(=O)O)C(CC(C)(C)C)(CC(C)(C)C)C(=O)O. The number of aliphatic carboxylic acids is 2. The molecule has 0 atom stereocenters. The molecule has 4 nitrogen and oxygen atoms in total. The maximum absolute atomic E-state index is 11.8. The van der Waals surface area contributed by atoms with Crippen molar-refractivity contribution in [2.75, 3.05) is 0 Å². The van der Waals surface area contributed by atoms with Gasteiger partial charge >= 0.3 is 11.9 Å². The first-order valence-corrected chi connectivity index (χ1v) is 6.37. The number of carbonyl (C=O) groups is 2. The van der Waals surface area contributed by atoms with Gasteiger partial charge in [0.2, 0.25) is 0 Å². The monoisotopic (exact) mass is 270 g/mol. The quantitative estimate of drug-likeness (QED) is 0.749. The van der Waals surface area contributed by atoms with Gasteiger partial charge in [0.1, 0.15) is 5.41 Å². The molecule has 0 aliphatic heterocycles. The molecule has 0 saturated heterocycles. The standard InChI is InChI=1S/C15H26O4/c1-10(11(16)17)15(12(18)19,8-13(2,3)4)9-14(5,6)7/h1,8-9H2,2-7H3,(H,16,17)(H,18,19). The molecule has 0 heterocycles. The van der Waals surface area contributed by atoms with E-state index in [2.05, 4.69) is 6.58 Å². The van der Waals surface area contributed by atoms with Gasteiger partial charge in [-0.2, -0.15) is 0 Å². The van der Waals surface area contributed by atoms with E-state index in [1.165, 1.54) is 0 Å². The van der Waals surface area contributed by atoms with Gasteiger partial charge in [-0.05, 0) is 23.7 Å². The van der Waals surface area contributed by atoms with Gasteiger partial charge in [0, 0.05) is 5.57 Å². The summed E-state index contributed by atoms with van der Waals surface area (Å²) in [5, 5.41) is 18.8. The molecular formula is C15H26O4. The Kier molecular flexibility index (Phi) is 4.98. The van der Waals surface area contributed by atoms with Gasteiger partial charge in [0.05, 0.1) is 0 Å². The fourth-order valence-electron chi connectivity index (χ4n) is 2.57. The summed E-state index contributed by atoms with van der Waals surface area (Å²) in [5.74, 6) is -2.35. The van der Waals surface area contributed by atoms with Gasteiger partial charge in [0.15, 0.2) is 0 Å². The summed E-state index contributed by atoms with van der Waals surface area (Å²) in [6.45, 7) is 15.0. The summed E-state index contributed by atoms with van der Waals surface area (Å²) in [6.07, 6.45) is 0.496. The number of carboxylic acid groups (broad SMARTS) is 2. The van der Waals surface area contributed by atoms with Crippen LogP contribution in [0.1, 0.15) is 54.4 Å². The zero-order chi connectivity index (χ0) is 15.6. The summed E-state index contributed by atoms with van der Waals surface area (Å²) in [5.41, 5.74) is -2.27. The van der Waals surface area contributed by atoms with E-state index in [0.29, 0.717) is 0 Å². The van der Waals surface area contributed by atoms with Crippen molar-refractivity contribution in [3.05, 3.63) is 12.2 Å². The van der Waals surface area contributed by atoms with Crippen LogP contribution in [-0.2, 0) is 9.59 Å². The first-order chi connectivity index (χ1) is 8.21. The van der Waals surface area contributed by atoms with Crippen molar-refractivity contribution >= 4 is 11.9 Å².